The second-order valence-corrected chi connectivity index (χ2v) is 7.23. The summed E-state index contributed by atoms with van der Waals surface area (Å²) >= 11 is 0. The fourth-order valence-corrected chi connectivity index (χ4v) is 4.20. The first kappa shape index (κ1) is 16.9. The van der Waals surface area contributed by atoms with E-state index in [0.717, 1.165) is 36.1 Å². The SMILES string of the molecule is CC(=O)Nc1ccc(/C=C2\CCC[C@@H](C3CCCCC3)C2=O)cc1. The summed E-state index contributed by atoms with van der Waals surface area (Å²) in [5.74, 6) is 1.18. The predicted octanol–water partition coefficient (Wildman–Crippen LogP) is 4.98. The molecule has 2 aliphatic rings. The molecule has 0 radical (unpaired) electrons. The summed E-state index contributed by atoms with van der Waals surface area (Å²) in [5, 5.41) is 2.77. The molecular weight excluding hydrogens is 298 g/mol. The lowest BCUT2D eigenvalue weighted by Crippen LogP contribution is -2.30. The van der Waals surface area contributed by atoms with E-state index in [0.29, 0.717) is 11.7 Å². The van der Waals surface area contributed by atoms with Crippen LogP contribution in [-0.2, 0) is 9.59 Å². The van der Waals surface area contributed by atoms with E-state index in [1.807, 2.05) is 24.3 Å². The number of allylic oxidation sites excluding steroid dienone is 1. The van der Waals surface area contributed by atoms with Crippen LogP contribution in [0.2, 0.25) is 0 Å². The van der Waals surface area contributed by atoms with Gasteiger partial charge in [-0.2, -0.15) is 0 Å². The van der Waals surface area contributed by atoms with Crippen LogP contribution in [0.4, 0.5) is 5.69 Å². The van der Waals surface area contributed by atoms with Crippen LogP contribution in [-0.4, -0.2) is 11.7 Å². The molecule has 0 bridgehead atoms. The maximum atomic E-state index is 12.9. The van der Waals surface area contributed by atoms with Crippen molar-refractivity contribution in [1.29, 1.82) is 0 Å². The monoisotopic (exact) mass is 325 g/mol. The highest BCUT2D eigenvalue weighted by atomic mass is 16.1. The average Bonchev–Trinajstić information content (AvgIpc) is 2.59. The van der Waals surface area contributed by atoms with Gasteiger partial charge in [0.15, 0.2) is 5.78 Å². The number of Topliss-reactive ketones (excluding diaryl/α,β-unsaturated/α-hetero) is 1. The molecule has 0 saturated heterocycles. The molecular formula is C21H27NO2. The molecule has 0 aromatic heterocycles. The Bertz CT molecular complexity index is 624. The number of nitrogens with one attached hydrogen (secondary N) is 1. The van der Waals surface area contributed by atoms with Gasteiger partial charge in [-0.1, -0.05) is 31.4 Å². The maximum absolute atomic E-state index is 12.9. The van der Waals surface area contributed by atoms with E-state index < -0.39 is 0 Å². The number of ketones is 1. The Morgan fingerprint density at radius 1 is 1.04 bits per heavy atom. The topological polar surface area (TPSA) is 46.2 Å². The van der Waals surface area contributed by atoms with E-state index in [1.54, 1.807) is 0 Å². The molecule has 128 valence electrons. The van der Waals surface area contributed by atoms with Gasteiger partial charge in [-0.3, -0.25) is 9.59 Å². The lowest BCUT2D eigenvalue weighted by atomic mass is 9.71. The molecule has 24 heavy (non-hydrogen) atoms. The Labute approximate surface area is 144 Å². The fourth-order valence-electron chi connectivity index (χ4n) is 4.20. The second kappa shape index (κ2) is 7.78. The quantitative estimate of drug-likeness (QED) is 0.797. The van der Waals surface area contributed by atoms with E-state index in [-0.39, 0.29) is 11.8 Å². The van der Waals surface area contributed by atoms with Crippen LogP contribution in [0.5, 0.6) is 0 Å². The second-order valence-electron chi connectivity index (χ2n) is 7.23. The van der Waals surface area contributed by atoms with Crippen molar-refractivity contribution in [3.05, 3.63) is 35.4 Å². The van der Waals surface area contributed by atoms with E-state index in [2.05, 4.69) is 11.4 Å². The van der Waals surface area contributed by atoms with Crippen molar-refractivity contribution in [2.24, 2.45) is 11.8 Å². The van der Waals surface area contributed by atoms with Gasteiger partial charge in [0.2, 0.25) is 5.91 Å². The lowest BCUT2D eigenvalue weighted by Gasteiger charge is -2.32. The number of benzene rings is 1. The molecule has 0 spiro atoms. The fraction of sp³-hybridized carbons (Fsp3) is 0.524. The predicted molar refractivity (Wildman–Crippen MR) is 97.6 cm³/mol. The minimum absolute atomic E-state index is 0.0705. The summed E-state index contributed by atoms with van der Waals surface area (Å²) in [5.41, 5.74) is 2.82. The van der Waals surface area contributed by atoms with Crippen LogP contribution in [0.25, 0.3) is 6.08 Å². The first-order valence-corrected chi connectivity index (χ1v) is 9.26. The average molecular weight is 325 g/mol. The Hall–Kier alpha value is -1.90. The number of hydrogen-bond donors (Lipinski definition) is 1. The minimum Gasteiger partial charge on any atom is -0.326 e. The molecule has 1 aromatic rings. The van der Waals surface area contributed by atoms with Crippen molar-refractivity contribution in [3.8, 4) is 0 Å². The molecule has 0 unspecified atom stereocenters. The zero-order chi connectivity index (χ0) is 16.9. The molecule has 3 rings (SSSR count). The van der Waals surface area contributed by atoms with E-state index in [4.69, 9.17) is 0 Å². The Kier molecular flexibility index (Phi) is 5.49. The van der Waals surface area contributed by atoms with E-state index in [1.165, 1.54) is 39.0 Å². The van der Waals surface area contributed by atoms with Crippen LogP contribution in [0.3, 0.4) is 0 Å². The molecule has 2 fully saturated rings. The Morgan fingerprint density at radius 3 is 2.42 bits per heavy atom. The van der Waals surface area contributed by atoms with Crippen molar-refractivity contribution in [1.82, 2.24) is 0 Å². The molecule has 2 aliphatic carbocycles. The van der Waals surface area contributed by atoms with Gasteiger partial charge < -0.3 is 5.32 Å². The van der Waals surface area contributed by atoms with E-state index >= 15 is 0 Å². The van der Waals surface area contributed by atoms with Gasteiger partial charge in [-0.05, 0) is 67.4 Å². The zero-order valence-corrected chi connectivity index (χ0v) is 14.5. The van der Waals surface area contributed by atoms with Gasteiger partial charge in [0.1, 0.15) is 0 Å². The standard InChI is InChI=1S/C21H27NO2/c1-15(23)22-19-12-10-16(11-13-19)14-18-8-5-9-20(21(18)24)17-6-3-2-4-7-17/h10-14,17,20H,2-9H2,1H3,(H,22,23)/b18-14+/t20-/m0/s1. The van der Waals surface area contributed by atoms with Crippen LogP contribution in [0.1, 0.15) is 63.9 Å². The Balaban J connectivity index is 1.71. The molecule has 1 amide bonds. The maximum Gasteiger partial charge on any atom is 0.221 e. The van der Waals surface area contributed by atoms with Crippen LogP contribution >= 0.6 is 0 Å². The number of amides is 1. The van der Waals surface area contributed by atoms with Gasteiger partial charge in [-0.25, -0.2) is 0 Å². The molecule has 1 aromatic carbocycles. The van der Waals surface area contributed by atoms with Gasteiger partial charge in [-0.15, -0.1) is 0 Å². The first-order valence-electron chi connectivity index (χ1n) is 9.26. The zero-order valence-electron chi connectivity index (χ0n) is 14.5. The van der Waals surface area contributed by atoms with Crippen LogP contribution in [0.15, 0.2) is 29.8 Å². The Morgan fingerprint density at radius 2 is 1.75 bits per heavy atom. The van der Waals surface area contributed by atoms with Gasteiger partial charge in [0, 0.05) is 18.5 Å². The molecule has 0 aliphatic heterocycles. The number of carbonyl (C=O) groups is 2. The molecule has 2 saturated carbocycles. The first-order chi connectivity index (χ1) is 11.6. The third kappa shape index (κ3) is 4.14. The molecule has 3 nitrogen and oxygen atoms in total. The van der Waals surface area contributed by atoms with Gasteiger partial charge in [0.05, 0.1) is 0 Å². The molecule has 3 heteroatoms. The highest BCUT2D eigenvalue weighted by Crippen LogP contribution is 2.38. The third-order valence-electron chi connectivity index (χ3n) is 5.41. The summed E-state index contributed by atoms with van der Waals surface area (Å²) in [6.45, 7) is 1.50. The van der Waals surface area contributed by atoms with Crippen molar-refractivity contribution in [2.75, 3.05) is 5.32 Å². The van der Waals surface area contributed by atoms with Crippen molar-refractivity contribution in [2.45, 2.75) is 58.3 Å². The van der Waals surface area contributed by atoms with Crippen molar-refractivity contribution < 1.29 is 9.59 Å². The van der Waals surface area contributed by atoms with Crippen LogP contribution < -0.4 is 5.32 Å². The van der Waals surface area contributed by atoms with E-state index in [9.17, 15) is 9.59 Å². The minimum atomic E-state index is -0.0705. The van der Waals surface area contributed by atoms with Crippen molar-refractivity contribution >= 4 is 23.5 Å². The normalized spacial score (nSPS) is 24.1. The summed E-state index contributed by atoms with van der Waals surface area (Å²) < 4.78 is 0. The number of rotatable bonds is 3. The molecule has 0 heterocycles. The van der Waals surface area contributed by atoms with Gasteiger partial charge in [0.25, 0.3) is 0 Å². The number of carbonyl (C=O) groups excluding carboxylic acids is 2. The van der Waals surface area contributed by atoms with Gasteiger partial charge >= 0.3 is 0 Å². The van der Waals surface area contributed by atoms with Crippen LogP contribution in [0, 0.1) is 11.8 Å². The largest absolute Gasteiger partial charge is 0.326 e. The molecule has 1 N–H and O–H groups in total. The summed E-state index contributed by atoms with van der Waals surface area (Å²) in [6.07, 6.45) is 11.5. The highest BCUT2D eigenvalue weighted by molar-refractivity contribution is 6.02. The summed E-state index contributed by atoms with van der Waals surface area (Å²) in [7, 11) is 0. The summed E-state index contributed by atoms with van der Waals surface area (Å²) in [4.78, 5) is 24.0. The lowest BCUT2D eigenvalue weighted by molar-refractivity contribution is -0.122. The third-order valence-corrected chi connectivity index (χ3v) is 5.41. The number of anilines is 1. The summed E-state index contributed by atoms with van der Waals surface area (Å²) in [6, 6.07) is 7.71. The highest BCUT2D eigenvalue weighted by Gasteiger charge is 2.33. The van der Waals surface area contributed by atoms with Crippen molar-refractivity contribution in [3.63, 3.8) is 0 Å². The molecule has 1 atom stereocenters. The smallest absolute Gasteiger partial charge is 0.221 e. The number of hydrogen-bond acceptors (Lipinski definition) is 2.